The summed E-state index contributed by atoms with van der Waals surface area (Å²) in [6, 6.07) is 5.48. The zero-order chi connectivity index (χ0) is 14.4. The Morgan fingerprint density at radius 3 is 3.10 bits per heavy atom. The highest BCUT2D eigenvalue weighted by atomic mass is 16.1. The minimum absolute atomic E-state index is 0.0852. The lowest BCUT2D eigenvalue weighted by Gasteiger charge is -2.29. The van der Waals surface area contributed by atoms with Crippen LogP contribution in [0.2, 0.25) is 0 Å². The Bertz CT molecular complexity index is 449. The van der Waals surface area contributed by atoms with E-state index in [9.17, 15) is 4.79 Å². The van der Waals surface area contributed by atoms with Crippen LogP contribution in [0.5, 0.6) is 0 Å². The average molecular weight is 276 g/mol. The highest BCUT2D eigenvalue weighted by molar-refractivity contribution is 5.92. The van der Waals surface area contributed by atoms with Crippen molar-refractivity contribution in [3.05, 3.63) is 23.9 Å². The predicted octanol–water partition coefficient (Wildman–Crippen LogP) is 1.58. The highest BCUT2D eigenvalue weighted by Crippen LogP contribution is 2.14. The molecule has 1 saturated heterocycles. The van der Waals surface area contributed by atoms with Gasteiger partial charge in [-0.1, -0.05) is 6.07 Å². The maximum atomic E-state index is 12.1. The summed E-state index contributed by atoms with van der Waals surface area (Å²) in [5, 5.41) is 6.12. The van der Waals surface area contributed by atoms with Crippen LogP contribution in [0.1, 0.15) is 30.3 Å². The lowest BCUT2D eigenvalue weighted by Crippen LogP contribution is -2.39. The van der Waals surface area contributed by atoms with Crippen LogP contribution in [0.4, 0.5) is 5.82 Å². The Morgan fingerprint density at radius 1 is 1.50 bits per heavy atom. The summed E-state index contributed by atoms with van der Waals surface area (Å²) in [5.41, 5.74) is 0.479. The van der Waals surface area contributed by atoms with Crippen molar-refractivity contribution in [1.82, 2.24) is 15.2 Å². The van der Waals surface area contributed by atoms with Gasteiger partial charge in [0.15, 0.2) is 0 Å². The molecule has 1 aliphatic heterocycles. The smallest absolute Gasteiger partial charge is 0.269 e. The number of hydrogen-bond donors (Lipinski definition) is 2. The Kier molecular flexibility index (Phi) is 5.35. The Hall–Kier alpha value is -1.62. The standard InChI is InChI=1S/C15H24N4O/c1-3-16-14-8-4-7-13(18-14)15(20)17-10-12-6-5-9-19(2)11-12/h4,7-8,12H,3,5-6,9-11H2,1-2H3,(H,16,18)(H,17,20). The first-order chi connectivity index (χ1) is 9.69. The van der Waals surface area contributed by atoms with Crippen molar-refractivity contribution in [3.8, 4) is 0 Å². The second kappa shape index (κ2) is 7.24. The first-order valence-corrected chi connectivity index (χ1v) is 7.36. The Balaban J connectivity index is 1.86. The van der Waals surface area contributed by atoms with Crippen LogP contribution in [0.25, 0.3) is 0 Å². The zero-order valence-electron chi connectivity index (χ0n) is 12.4. The van der Waals surface area contributed by atoms with E-state index in [1.165, 1.54) is 12.8 Å². The molecular weight excluding hydrogens is 252 g/mol. The first kappa shape index (κ1) is 14.8. The number of pyridine rings is 1. The number of hydrogen-bond acceptors (Lipinski definition) is 4. The summed E-state index contributed by atoms with van der Waals surface area (Å²) in [5.74, 6) is 1.21. The largest absolute Gasteiger partial charge is 0.370 e. The van der Waals surface area contributed by atoms with Gasteiger partial charge in [0, 0.05) is 19.6 Å². The van der Waals surface area contributed by atoms with Crippen molar-refractivity contribution in [2.45, 2.75) is 19.8 Å². The van der Waals surface area contributed by atoms with Crippen LogP contribution in [-0.4, -0.2) is 49.0 Å². The molecule has 1 aliphatic rings. The van der Waals surface area contributed by atoms with E-state index in [-0.39, 0.29) is 5.91 Å². The normalized spacial score (nSPS) is 19.6. The molecule has 1 aromatic rings. The van der Waals surface area contributed by atoms with E-state index in [2.05, 4.69) is 27.6 Å². The molecule has 0 aromatic carbocycles. The third-order valence-electron chi connectivity index (χ3n) is 3.61. The molecule has 2 rings (SSSR count). The maximum Gasteiger partial charge on any atom is 0.269 e. The third-order valence-corrected chi connectivity index (χ3v) is 3.61. The highest BCUT2D eigenvalue weighted by Gasteiger charge is 2.18. The predicted molar refractivity (Wildman–Crippen MR) is 81.0 cm³/mol. The zero-order valence-corrected chi connectivity index (χ0v) is 12.4. The number of piperidine rings is 1. The molecule has 1 aromatic heterocycles. The number of nitrogens with zero attached hydrogens (tertiary/aromatic N) is 2. The van der Waals surface area contributed by atoms with Gasteiger partial charge in [-0.15, -0.1) is 0 Å². The lowest BCUT2D eigenvalue weighted by molar-refractivity contribution is 0.0932. The summed E-state index contributed by atoms with van der Waals surface area (Å²) in [7, 11) is 2.13. The SMILES string of the molecule is CCNc1cccc(C(=O)NCC2CCCN(C)C2)n1. The first-order valence-electron chi connectivity index (χ1n) is 7.36. The van der Waals surface area contributed by atoms with Crippen molar-refractivity contribution >= 4 is 11.7 Å². The maximum absolute atomic E-state index is 12.1. The number of likely N-dealkylation sites (tertiary alicyclic amines) is 1. The quantitative estimate of drug-likeness (QED) is 0.857. The monoisotopic (exact) mass is 276 g/mol. The average Bonchev–Trinajstić information content (AvgIpc) is 2.45. The van der Waals surface area contributed by atoms with Gasteiger partial charge < -0.3 is 15.5 Å². The van der Waals surface area contributed by atoms with E-state index < -0.39 is 0 Å². The van der Waals surface area contributed by atoms with Crippen LogP contribution in [-0.2, 0) is 0 Å². The van der Waals surface area contributed by atoms with Gasteiger partial charge in [0.2, 0.25) is 0 Å². The number of carbonyl (C=O) groups excluding carboxylic acids is 1. The Labute approximate surface area is 120 Å². The van der Waals surface area contributed by atoms with Crippen molar-refractivity contribution in [1.29, 1.82) is 0 Å². The van der Waals surface area contributed by atoms with Gasteiger partial charge in [-0.3, -0.25) is 4.79 Å². The number of aromatic nitrogens is 1. The lowest BCUT2D eigenvalue weighted by atomic mass is 9.98. The molecule has 2 N–H and O–H groups in total. The van der Waals surface area contributed by atoms with Gasteiger partial charge in [0.25, 0.3) is 5.91 Å². The molecular formula is C15H24N4O. The number of anilines is 1. The molecule has 110 valence electrons. The third kappa shape index (κ3) is 4.20. The molecule has 0 saturated carbocycles. The van der Waals surface area contributed by atoms with Crippen molar-refractivity contribution in [2.24, 2.45) is 5.92 Å². The molecule has 1 atom stereocenters. The fourth-order valence-electron chi connectivity index (χ4n) is 2.61. The van der Waals surface area contributed by atoms with E-state index in [0.717, 1.165) is 32.0 Å². The van der Waals surface area contributed by atoms with E-state index in [1.807, 2.05) is 19.1 Å². The van der Waals surface area contributed by atoms with Crippen molar-refractivity contribution in [2.75, 3.05) is 38.5 Å². The van der Waals surface area contributed by atoms with Gasteiger partial charge in [-0.25, -0.2) is 4.98 Å². The topological polar surface area (TPSA) is 57.3 Å². The molecule has 0 spiro atoms. The molecule has 0 bridgehead atoms. The summed E-state index contributed by atoms with van der Waals surface area (Å²) < 4.78 is 0. The second-order valence-corrected chi connectivity index (χ2v) is 5.42. The van der Waals surface area contributed by atoms with Crippen LogP contribution in [0.3, 0.4) is 0 Å². The molecule has 20 heavy (non-hydrogen) atoms. The van der Waals surface area contributed by atoms with Gasteiger partial charge in [-0.05, 0) is 51.4 Å². The van der Waals surface area contributed by atoms with Gasteiger partial charge in [0.05, 0.1) is 0 Å². The van der Waals surface area contributed by atoms with E-state index in [4.69, 9.17) is 0 Å². The van der Waals surface area contributed by atoms with E-state index >= 15 is 0 Å². The van der Waals surface area contributed by atoms with Gasteiger partial charge in [-0.2, -0.15) is 0 Å². The van der Waals surface area contributed by atoms with Crippen LogP contribution >= 0.6 is 0 Å². The summed E-state index contributed by atoms with van der Waals surface area (Å²) in [6.45, 7) is 5.76. The minimum atomic E-state index is -0.0852. The molecule has 1 fully saturated rings. The molecule has 1 amide bonds. The number of amides is 1. The van der Waals surface area contributed by atoms with Gasteiger partial charge in [0.1, 0.15) is 11.5 Å². The molecule has 5 nitrogen and oxygen atoms in total. The fraction of sp³-hybridized carbons (Fsp3) is 0.600. The summed E-state index contributed by atoms with van der Waals surface area (Å²) >= 11 is 0. The summed E-state index contributed by atoms with van der Waals surface area (Å²) in [6.07, 6.45) is 2.40. The fourth-order valence-corrected chi connectivity index (χ4v) is 2.61. The van der Waals surface area contributed by atoms with E-state index in [1.54, 1.807) is 6.07 Å². The van der Waals surface area contributed by atoms with Crippen LogP contribution < -0.4 is 10.6 Å². The molecule has 2 heterocycles. The van der Waals surface area contributed by atoms with Gasteiger partial charge >= 0.3 is 0 Å². The Morgan fingerprint density at radius 2 is 2.35 bits per heavy atom. The molecule has 5 heteroatoms. The number of rotatable bonds is 5. The van der Waals surface area contributed by atoms with Crippen LogP contribution in [0, 0.1) is 5.92 Å². The van der Waals surface area contributed by atoms with Crippen LogP contribution in [0.15, 0.2) is 18.2 Å². The van der Waals surface area contributed by atoms with Crippen molar-refractivity contribution < 1.29 is 4.79 Å². The summed E-state index contributed by atoms with van der Waals surface area (Å²) in [4.78, 5) is 18.7. The molecule has 1 unspecified atom stereocenters. The number of carbonyl (C=O) groups is 1. The molecule has 0 radical (unpaired) electrons. The second-order valence-electron chi connectivity index (χ2n) is 5.42. The molecule has 0 aliphatic carbocycles. The van der Waals surface area contributed by atoms with Crippen molar-refractivity contribution in [3.63, 3.8) is 0 Å². The van der Waals surface area contributed by atoms with E-state index in [0.29, 0.717) is 11.6 Å². The minimum Gasteiger partial charge on any atom is -0.370 e. The number of nitrogens with one attached hydrogen (secondary N) is 2.